The molecule has 2 N–H and O–H groups in total. The number of methoxy groups -OCH3 is 2. The largest absolute Gasteiger partial charge is 0.507 e. The summed E-state index contributed by atoms with van der Waals surface area (Å²) in [6.07, 6.45) is 1.61. The van der Waals surface area contributed by atoms with Crippen molar-refractivity contribution in [2.75, 3.05) is 20.8 Å². The molecule has 0 aromatic heterocycles. The number of hydrogen-bond acceptors (Lipinski definition) is 8. The summed E-state index contributed by atoms with van der Waals surface area (Å²) < 4.78 is 15.7. The number of esters is 1. The monoisotopic (exact) mass is 441 g/mol. The molecular weight excluding hydrogens is 418 g/mol. The maximum Gasteiger partial charge on any atom is 0.344 e. The topological polar surface area (TPSA) is 97.6 Å². The first-order valence-electron chi connectivity index (χ1n) is 9.49. The Hall–Kier alpha value is -3.39. The average Bonchev–Trinajstić information content (AvgIpc) is 3.06. The van der Waals surface area contributed by atoms with Crippen molar-refractivity contribution in [2.45, 2.75) is 13.8 Å². The first-order valence-corrected chi connectivity index (χ1v) is 10.3. The number of rotatable bonds is 6. The standard InChI is InChI=1S/C23H23NO6S/c1-5-30-23(27)19-21(26)18(11-14-8-6-7-13(2)20(14)25)31-22(19)24-16-10-9-15(28-3)12-17(16)29-4/h6-12,25-26H,5H2,1-4H3. The SMILES string of the molecule is CCOC(=O)C1=C(O)C(=Cc2cccc(C)c2O)SC1=Nc1ccc(OC)cc1OC. The maximum atomic E-state index is 12.6. The van der Waals surface area contributed by atoms with Crippen molar-refractivity contribution >= 4 is 34.5 Å². The van der Waals surface area contributed by atoms with Crippen LogP contribution in [0.15, 0.2) is 57.6 Å². The fraction of sp³-hybridized carbons (Fsp3) is 0.217. The molecule has 31 heavy (non-hydrogen) atoms. The van der Waals surface area contributed by atoms with E-state index in [2.05, 4.69) is 4.99 Å². The van der Waals surface area contributed by atoms with Crippen molar-refractivity contribution < 1.29 is 29.2 Å². The van der Waals surface area contributed by atoms with E-state index in [0.717, 1.165) is 11.8 Å². The quantitative estimate of drug-likeness (QED) is 0.615. The molecule has 0 saturated carbocycles. The summed E-state index contributed by atoms with van der Waals surface area (Å²) in [7, 11) is 3.05. The third kappa shape index (κ3) is 4.69. The van der Waals surface area contributed by atoms with Gasteiger partial charge in [-0.2, -0.15) is 0 Å². The van der Waals surface area contributed by atoms with Crippen LogP contribution in [-0.2, 0) is 9.53 Å². The number of benzene rings is 2. The molecular formula is C23H23NO6S. The molecule has 0 unspecified atom stereocenters. The first-order chi connectivity index (χ1) is 14.9. The lowest BCUT2D eigenvalue weighted by atomic mass is 10.1. The van der Waals surface area contributed by atoms with Gasteiger partial charge in [0.05, 0.1) is 25.7 Å². The smallest absolute Gasteiger partial charge is 0.344 e. The van der Waals surface area contributed by atoms with Gasteiger partial charge in [-0.15, -0.1) is 0 Å². The minimum Gasteiger partial charge on any atom is -0.507 e. The van der Waals surface area contributed by atoms with Crippen molar-refractivity contribution in [2.24, 2.45) is 4.99 Å². The van der Waals surface area contributed by atoms with Crippen LogP contribution in [0, 0.1) is 6.92 Å². The van der Waals surface area contributed by atoms with E-state index in [1.54, 1.807) is 63.4 Å². The molecule has 0 saturated heterocycles. The molecule has 7 nitrogen and oxygen atoms in total. The van der Waals surface area contributed by atoms with Gasteiger partial charge in [0.2, 0.25) is 0 Å². The van der Waals surface area contributed by atoms with Crippen molar-refractivity contribution in [1.82, 2.24) is 0 Å². The number of aromatic hydroxyl groups is 1. The van der Waals surface area contributed by atoms with E-state index in [4.69, 9.17) is 14.2 Å². The summed E-state index contributed by atoms with van der Waals surface area (Å²) in [6.45, 7) is 3.61. The van der Waals surface area contributed by atoms with Crippen LogP contribution >= 0.6 is 11.8 Å². The number of aliphatic hydroxyl groups excluding tert-OH is 1. The molecule has 0 fully saturated rings. The molecule has 1 heterocycles. The number of phenols is 1. The third-order valence-corrected chi connectivity index (χ3v) is 5.55. The normalized spacial score (nSPS) is 16.1. The molecule has 162 valence electrons. The Morgan fingerprint density at radius 1 is 1.16 bits per heavy atom. The number of hydrogen-bond donors (Lipinski definition) is 2. The molecule has 0 radical (unpaired) electrons. The molecule has 2 aromatic carbocycles. The van der Waals surface area contributed by atoms with Gasteiger partial charge in [-0.05, 0) is 37.6 Å². The van der Waals surface area contributed by atoms with E-state index in [-0.39, 0.29) is 28.7 Å². The van der Waals surface area contributed by atoms with Crippen LogP contribution in [0.2, 0.25) is 0 Å². The number of aliphatic imine (C=N–C) groups is 1. The Kier molecular flexibility index (Phi) is 6.91. The predicted octanol–water partition coefficient (Wildman–Crippen LogP) is 4.91. The summed E-state index contributed by atoms with van der Waals surface area (Å²) in [5.41, 5.74) is 1.63. The number of carbonyl (C=O) groups excluding carboxylic acids is 1. The van der Waals surface area contributed by atoms with Crippen LogP contribution in [0.25, 0.3) is 6.08 Å². The second-order valence-corrected chi connectivity index (χ2v) is 7.55. The Bertz CT molecular complexity index is 1100. The van der Waals surface area contributed by atoms with Gasteiger partial charge >= 0.3 is 5.97 Å². The predicted molar refractivity (Wildman–Crippen MR) is 121 cm³/mol. The molecule has 1 aliphatic rings. The Morgan fingerprint density at radius 3 is 2.61 bits per heavy atom. The second-order valence-electron chi connectivity index (χ2n) is 6.52. The molecule has 0 atom stereocenters. The Balaban J connectivity index is 2.11. The Morgan fingerprint density at radius 2 is 1.94 bits per heavy atom. The molecule has 0 amide bonds. The zero-order valence-electron chi connectivity index (χ0n) is 17.6. The van der Waals surface area contributed by atoms with Crippen LogP contribution < -0.4 is 9.47 Å². The number of aryl methyl sites for hydroxylation is 1. The van der Waals surface area contributed by atoms with E-state index < -0.39 is 5.97 Å². The van der Waals surface area contributed by atoms with Gasteiger partial charge < -0.3 is 24.4 Å². The van der Waals surface area contributed by atoms with Crippen LogP contribution in [0.1, 0.15) is 18.1 Å². The van der Waals surface area contributed by atoms with Gasteiger partial charge in [0.1, 0.15) is 39.3 Å². The van der Waals surface area contributed by atoms with Gasteiger partial charge in [-0.3, -0.25) is 0 Å². The number of carbonyl (C=O) groups is 1. The lowest BCUT2D eigenvalue weighted by Crippen LogP contribution is -2.12. The van der Waals surface area contributed by atoms with E-state index in [1.165, 1.54) is 7.11 Å². The summed E-state index contributed by atoms with van der Waals surface area (Å²) in [6, 6.07) is 10.4. The van der Waals surface area contributed by atoms with Crippen LogP contribution in [0.3, 0.4) is 0 Å². The zero-order chi connectivity index (χ0) is 22.5. The molecule has 8 heteroatoms. The fourth-order valence-electron chi connectivity index (χ4n) is 2.92. The van der Waals surface area contributed by atoms with Crippen molar-refractivity contribution in [3.63, 3.8) is 0 Å². The first kappa shape index (κ1) is 22.3. The lowest BCUT2D eigenvalue weighted by molar-refractivity contribution is -0.138. The molecule has 0 bridgehead atoms. The zero-order valence-corrected chi connectivity index (χ0v) is 18.4. The van der Waals surface area contributed by atoms with Gasteiger partial charge in [0, 0.05) is 11.6 Å². The molecule has 0 aliphatic carbocycles. The maximum absolute atomic E-state index is 12.6. The number of para-hydroxylation sites is 1. The van der Waals surface area contributed by atoms with Gasteiger partial charge in [-0.1, -0.05) is 30.0 Å². The molecule has 3 rings (SSSR count). The molecule has 0 spiro atoms. The van der Waals surface area contributed by atoms with Gasteiger partial charge in [0.25, 0.3) is 0 Å². The van der Waals surface area contributed by atoms with Crippen LogP contribution in [0.5, 0.6) is 17.2 Å². The minimum atomic E-state index is -0.685. The number of aliphatic hydroxyl groups is 1. The van der Waals surface area contributed by atoms with Crippen molar-refractivity contribution in [1.29, 1.82) is 0 Å². The summed E-state index contributed by atoms with van der Waals surface area (Å²) in [5, 5.41) is 21.4. The summed E-state index contributed by atoms with van der Waals surface area (Å²) >= 11 is 1.10. The highest BCUT2D eigenvalue weighted by atomic mass is 32.2. The summed E-state index contributed by atoms with van der Waals surface area (Å²) in [5.74, 6) is 0.206. The van der Waals surface area contributed by atoms with Crippen LogP contribution in [0.4, 0.5) is 5.69 Å². The summed E-state index contributed by atoms with van der Waals surface area (Å²) in [4.78, 5) is 17.5. The number of thioether (sulfide) groups is 1. The van der Waals surface area contributed by atoms with E-state index in [9.17, 15) is 15.0 Å². The van der Waals surface area contributed by atoms with Gasteiger partial charge in [0.15, 0.2) is 0 Å². The van der Waals surface area contributed by atoms with Crippen molar-refractivity contribution in [3.05, 3.63) is 63.8 Å². The van der Waals surface area contributed by atoms with E-state index >= 15 is 0 Å². The van der Waals surface area contributed by atoms with Crippen molar-refractivity contribution in [3.8, 4) is 17.2 Å². The fourth-order valence-corrected chi connectivity index (χ4v) is 3.94. The lowest BCUT2D eigenvalue weighted by Gasteiger charge is -2.08. The van der Waals surface area contributed by atoms with Gasteiger partial charge in [-0.25, -0.2) is 9.79 Å². The Labute approximate surface area is 184 Å². The number of phenolic OH excluding ortho intramolecular Hbond substituents is 1. The number of nitrogens with zero attached hydrogens (tertiary/aromatic N) is 1. The van der Waals surface area contributed by atoms with E-state index in [0.29, 0.717) is 33.2 Å². The molecule has 2 aromatic rings. The molecule has 1 aliphatic heterocycles. The van der Waals surface area contributed by atoms with Crippen LogP contribution in [-0.4, -0.2) is 42.1 Å². The highest BCUT2D eigenvalue weighted by Crippen LogP contribution is 2.42. The highest BCUT2D eigenvalue weighted by molar-refractivity contribution is 8.18. The average molecular weight is 442 g/mol. The number of ether oxygens (including phenoxy) is 3. The third-order valence-electron chi connectivity index (χ3n) is 4.53. The highest BCUT2D eigenvalue weighted by Gasteiger charge is 2.33. The second kappa shape index (κ2) is 9.61. The van der Waals surface area contributed by atoms with E-state index in [1.807, 2.05) is 0 Å². The minimum absolute atomic E-state index is 0.0388.